The lowest BCUT2D eigenvalue weighted by Crippen LogP contribution is -2.22. The number of nitrogens with zero attached hydrogens (tertiary/aromatic N) is 2. The van der Waals surface area contributed by atoms with Crippen molar-refractivity contribution < 1.29 is 38.0 Å². The molecule has 3 rings (SSSR count). The Morgan fingerprint density at radius 3 is 2.53 bits per heavy atom. The number of alkyl halides is 3. The van der Waals surface area contributed by atoms with Gasteiger partial charge in [0.25, 0.3) is 0 Å². The molecule has 0 saturated heterocycles. The van der Waals surface area contributed by atoms with E-state index in [2.05, 4.69) is 15.0 Å². The zero-order valence-electron chi connectivity index (χ0n) is 15.6. The van der Waals surface area contributed by atoms with Crippen molar-refractivity contribution in [2.75, 3.05) is 6.61 Å². The number of fused-ring (bicyclic) bond motifs is 1. The SMILES string of the molecule is Cn1cnc2c(-c3ccc(OC(F)(F)F)cc3)cc(CNC(=O)O)c(C(O)CO)c21. The van der Waals surface area contributed by atoms with Crippen LogP contribution in [0.2, 0.25) is 0 Å². The number of carbonyl (C=O) groups is 1. The maximum Gasteiger partial charge on any atom is 0.573 e. The van der Waals surface area contributed by atoms with Crippen LogP contribution in [0.4, 0.5) is 18.0 Å². The monoisotopic (exact) mass is 425 g/mol. The third-order valence-electron chi connectivity index (χ3n) is 4.45. The first-order chi connectivity index (χ1) is 14.1. The zero-order valence-corrected chi connectivity index (χ0v) is 15.6. The number of aliphatic hydroxyl groups excluding tert-OH is 2. The molecule has 1 atom stereocenters. The number of aliphatic hydroxyl groups is 2. The van der Waals surface area contributed by atoms with Gasteiger partial charge in [0, 0.05) is 24.7 Å². The van der Waals surface area contributed by atoms with Gasteiger partial charge < -0.3 is 29.9 Å². The summed E-state index contributed by atoms with van der Waals surface area (Å²) in [5, 5.41) is 31.0. The molecule has 0 saturated carbocycles. The van der Waals surface area contributed by atoms with Crippen LogP contribution in [0, 0.1) is 0 Å². The number of carboxylic acid groups (broad SMARTS) is 1. The van der Waals surface area contributed by atoms with Crippen LogP contribution in [0.3, 0.4) is 0 Å². The lowest BCUT2D eigenvalue weighted by Gasteiger charge is -2.18. The summed E-state index contributed by atoms with van der Waals surface area (Å²) in [5.41, 5.74) is 2.62. The zero-order chi connectivity index (χ0) is 22.1. The highest BCUT2D eigenvalue weighted by Crippen LogP contribution is 2.36. The topological polar surface area (TPSA) is 117 Å². The van der Waals surface area contributed by atoms with Crippen LogP contribution >= 0.6 is 0 Å². The molecule has 0 bridgehead atoms. The van der Waals surface area contributed by atoms with E-state index in [1.165, 1.54) is 18.5 Å². The number of aryl methyl sites for hydroxylation is 1. The molecule has 1 amide bonds. The number of hydrogen-bond donors (Lipinski definition) is 4. The molecule has 4 N–H and O–H groups in total. The molecule has 2 aromatic carbocycles. The fourth-order valence-corrected chi connectivity index (χ4v) is 3.25. The van der Waals surface area contributed by atoms with Gasteiger partial charge in [-0.25, -0.2) is 9.78 Å². The summed E-state index contributed by atoms with van der Waals surface area (Å²) in [4.78, 5) is 15.3. The minimum Gasteiger partial charge on any atom is -0.465 e. The molecular formula is C19H18F3N3O5. The van der Waals surface area contributed by atoms with Crippen molar-refractivity contribution in [1.82, 2.24) is 14.9 Å². The summed E-state index contributed by atoms with van der Waals surface area (Å²) in [6.07, 6.45) is -5.89. The Morgan fingerprint density at radius 2 is 1.97 bits per heavy atom. The van der Waals surface area contributed by atoms with E-state index in [0.29, 0.717) is 33.3 Å². The van der Waals surface area contributed by atoms with E-state index in [9.17, 15) is 28.2 Å². The summed E-state index contributed by atoms with van der Waals surface area (Å²) in [6.45, 7) is -0.756. The van der Waals surface area contributed by atoms with E-state index in [4.69, 9.17) is 5.11 Å². The predicted molar refractivity (Wildman–Crippen MR) is 99.7 cm³/mol. The van der Waals surface area contributed by atoms with E-state index in [1.807, 2.05) is 0 Å². The number of imidazole rings is 1. The minimum atomic E-state index is -4.81. The highest BCUT2D eigenvalue weighted by molar-refractivity contribution is 5.95. The summed E-state index contributed by atoms with van der Waals surface area (Å²) >= 11 is 0. The predicted octanol–water partition coefficient (Wildman–Crippen LogP) is 2.93. The molecule has 0 aliphatic rings. The Bertz CT molecular complexity index is 1060. The van der Waals surface area contributed by atoms with Gasteiger partial charge in [-0.2, -0.15) is 0 Å². The molecule has 0 aliphatic heterocycles. The van der Waals surface area contributed by atoms with Gasteiger partial charge in [-0.15, -0.1) is 13.2 Å². The fraction of sp³-hybridized carbons (Fsp3) is 0.263. The van der Waals surface area contributed by atoms with Crippen LogP contribution in [0.25, 0.3) is 22.2 Å². The van der Waals surface area contributed by atoms with Gasteiger partial charge in [0.15, 0.2) is 0 Å². The van der Waals surface area contributed by atoms with Crippen LogP contribution in [0.1, 0.15) is 17.2 Å². The maximum absolute atomic E-state index is 12.4. The number of aromatic nitrogens is 2. The van der Waals surface area contributed by atoms with Gasteiger partial charge >= 0.3 is 12.5 Å². The maximum atomic E-state index is 12.4. The second kappa shape index (κ2) is 8.20. The third kappa shape index (κ3) is 4.47. The van der Waals surface area contributed by atoms with Crippen molar-refractivity contribution in [3.05, 3.63) is 47.8 Å². The number of halogens is 3. The second-order valence-electron chi connectivity index (χ2n) is 6.48. The van der Waals surface area contributed by atoms with Crippen molar-refractivity contribution in [3.63, 3.8) is 0 Å². The Kier molecular flexibility index (Phi) is 5.85. The van der Waals surface area contributed by atoms with E-state index in [-0.39, 0.29) is 12.3 Å². The van der Waals surface area contributed by atoms with Crippen LogP contribution in [-0.2, 0) is 13.6 Å². The Labute approximate surface area is 168 Å². The van der Waals surface area contributed by atoms with Crippen molar-refractivity contribution in [3.8, 4) is 16.9 Å². The van der Waals surface area contributed by atoms with Gasteiger partial charge in [0.05, 0.1) is 24.0 Å². The molecule has 3 aromatic rings. The second-order valence-corrected chi connectivity index (χ2v) is 6.48. The molecule has 11 heteroatoms. The summed E-state index contributed by atoms with van der Waals surface area (Å²) in [7, 11) is 1.67. The molecule has 0 radical (unpaired) electrons. The Balaban J connectivity index is 2.16. The first-order valence-corrected chi connectivity index (χ1v) is 8.69. The molecule has 160 valence electrons. The van der Waals surface area contributed by atoms with Gasteiger partial charge in [0.1, 0.15) is 11.9 Å². The molecule has 0 aliphatic carbocycles. The number of nitrogens with one attached hydrogen (secondary N) is 1. The summed E-state index contributed by atoms with van der Waals surface area (Å²) < 4.78 is 42.7. The third-order valence-corrected chi connectivity index (χ3v) is 4.45. The Hall–Kier alpha value is -3.31. The average molecular weight is 425 g/mol. The highest BCUT2D eigenvalue weighted by Gasteiger charge is 2.31. The molecular weight excluding hydrogens is 407 g/mol. The number of amides is 1. The molecule has 0 spiro atoms. The van der Waals surface area contributed by atoms with Gasteiger partial charge in [-0.3, -0.25) is 0 Å². The van der Waals surface area contributed by atoms with Gasteiger partial charge in [0.2, 0.25) is 0 Å². The minimum absolute atomic E-state index is 0.162. The molecule has 8 nitrogen and oxygen atoms in total. The normalized spacial score (nSPS) is 12.7. The van der Waals surface area contributed by atoms with Gasteiger partial charge in [-0.1, -0.05) is 12.1 Å². The van der Waals surface area contributed by atoms with Crippen LogP contribution < -0.4 is 10.1 Å². The molecule has 30 heavy (non-hydrogen) atoms. The largest absolute Gasteiger partial charge is 0.573 e. The van der Waals surface area contributed by atoms with E-state index in [1.54, 1.807) is 17.7 Å². The van der Waals surface area contributed by atoms with Crippen LogP contribution in [0.5, 0.6) is 5.75 Å². The van der Waals surface area contributed by atoms with Gasteiger partial charge in [-0.05, 0) is 29.3 Å². The van der Waals surface area contributed by atoms with Crippen molar-refractivity contribution in [2.45, 2.75) is 19.0 Å². The van der Waals surface area contributed by atoms with Crippen molar-refractivity contribution in [1.29, 1.82) is 0 Å². The molecule has 0 fully saturated rings. The quantitative estimate of drug-likeness (QED) is 0.483. The average Bonchev–Trinajstić information content (AvgIpc) is 3.06. The van der Waals surface area contributed by atoms with Crippen LogP contribution in [-0.4, -0.2) is 43.9 Å². The van der Waals surface area contributed by atoms with E-state index >= 15 is 0 Å². The summed E-state index contributed by atoms with van der Waals surface area (Å²) in [6, 6.07) is 6.73. The smallest absolute Gasteiger partial charge is 0.465 e. The first-order valence-electron chi connectivity index (χ1n) is 8.69. The lowest BCUT2D eigenvalue weighted by molar-refractivity contribution is -0.274. The highest BCUT2D eigenvalue weighted by atomic mass is 19.4. The fourth-order valence-electron chi connectivity index (χ4n) is 3.25. The first kappa shape index (κ1) is 21.4. The van der Waals surface area contributed by atoms with Crippen molar-refractivity contribution in [2.24, 2.45) is 7.05 Å². The number of hydrogen-bond acceptors (Lipinski definition) is 5. The van der Waals surface area contributed by atoms with Crippen LogP contribution in [0.15, 0.2) is 36.7 Å². The van der Waals surface area contributed by atoms with E-state index in [0.717, 1.165) is 12.1 Å². The van der Waals surface area contributed by atoms with E-state index < -0.39 is 25.2 Å². The molecule has 1 heterocycles. The number of ether oxygens (including phenoxy) is 1. The Morgan fingerprint density at radius 1 is 1.30 bits per heavy atom. The summed E-state index contributed by atoms with van der Waals surface area (Å²) in [5.74, 6) is -0.386. The lowest BCUT2D eigenvalue weighted by atomic mass is 9.93. The molecule has 1 unspecified atom stereocenters. The standard InChI is InChI=1S/C19H18F3N3O5/c1-25-9-24-16-13(10-2-4-12(5-3-10)30-19(20,21)22)6-11(7-23-18(28)29)15(17(16)25)14(27)8-26/h2-6,9,14,23,26-27H,7-8H2,1H3,(H,28,29). The number of rotatable bonds is 6. The van der Waals surface area contributed by atoms with Crippen molar-refractivity contribution >= 4 is 17.1 Å². The number of benzene rings is 2. The molecule has 1 aromatic heterocycles.